The van der Waals surface area contributed by atoms with Crippen LogP contribution in [0.1, 0.15) is 72.1 Å². The van der Waals surface area contributed by atoms with Crippen molar-refractivity contribution in [3.8, 4) is 0 Å². The van der Waals surface area contributed by atoms with Crippen molar-refractivity contribution in [2.75, 3.05) is 0 Å². The maximum atomic E-state index is 13.5. The highest BCUT2D eigenvalue weighted by atomic mass is 16.5. The molecule has 0 bridgehead atoms. The SMILES string of the molecule is O=C(c1ccccc1)C(OC1C2=C(CCCC2)C2=C1CCCC2)C(=O)c1ccccc1. The van der Waals surface area contributed by atoms with Gasteiger partial charge in [0, 0.05) is 11.1 Å². The lowest BCUT2D eigenvalue weighted by atomic mass is 9.87. The highest BCUT2D eigenvalue weighted by Crippen LogP contribution is 2.48. The van der Waals surface area contributed by atoms with Gasteiger partial charge in [0.05, 0.1) is 0 Å². The van der Waals surface area contributed by atoms with Crippen molar-refractivity contribution < 1.29 is 14.3 Å². The Morgan fingerprint density at radius 3 is 1.52 bits per heavy atom. The smallest absolute Gasteiger partial charge is 0.199 e. The molecule has 158 valence electrons. The molecule has 3 aliphatic rings. The van der Waals surface area contributed by atoms with Crippen molar-refractivity contribution in [1.82, 2.24) is 0 Å². The molecule has 3 aliphatic carbocycles. The average Bonchev–Trinajstić information content (AvgIpc) is 3.16. The number of hydrogen-bond donors (Lipinski definition) is 0. The first-order chi connectivity index (χ1) is 15.2. The zero-order chi connectivity index (χ0) is 21.2. The molecule has 0 aliphatic heterocycles. The van der Waals surface area contributed by atoms with Crippen molar-refractivity contribution in [3.63, 3.8) is 0 Å². The van der Waals surface area contributed by atoms with E-state index in [1.807, 2.05) is 36.4 Å². The molecule has 0 aromatic heterocycles. The molecule has 0 radical (unpaired) electrons. The van der Waals surface area contributed by atoms with E-state index in [1.54, 1.807) is 24.3 Å². The Morgan fingerprint density at radius 1 is 0.645 bits per heavy atom. The van der Waals surface area contributed by atoms with Gasteiger partial charge in [-0.25, -0.2) is 0 Å². The van der Waals surface area contributed by atoms with Crippen LogP contribution < -0.4 is 0 Å². The van der Waals surface area contributed by atoms with Crippen LogP contribution in [0.2, 0.25) is 0 Å². The number of allylic oxidation sites excluding steroid dienone is 2. The normalized spacial score (nSPS) is 18.9. The maximum Gasteiger partial charge on any atom is 0.199 e. The third-order valence-corrected chi connectivity index (χ3v) is 6.88. The first-order valence-electron chi connectivity index (χ1n) is 11.5. The summed E-state index contributed by atoms with van der Waals surface area (Å²) in [6.07, 6.45) is 7.66. The minimum atomic E-state index is -1.13. The van der Waals surface area contributed by atoms with Crippen LogP contribution in [-0.4, -0.2) is 23.8 Å². The molecule has 2 aromatic rings. The van der Waals surface area contributed by atoms with Gasteiger partial charge < -0.3 is 4.74 Å². The van der Waals surface area contributed by atoms with E-state index in [9.17, 15) is 9.59 Å². The molecule has 2 aromatic carbocycles. The number of Topliss-reactive ketones (excluding diaryl/α,β-unsaturated/α-hetero) is 2. The standard InChI is InChI=1S/C28H28O3/c29-25(19-11-3-1-4-12-19)28(26(30)20-13-5-2-6-14-20)31-27-23-17-9-7-15-21(23)22-16-8-10-18-24(22)27/h1-6,11-14,27-28H,7-10,15-18H2. The number of ketones is 2. The highest BCUT2D eigenvalue weighted by molar-refractivity contribution is 6.18. The average molecular weight is 413 g/mol. The van der Waals surface area contributed by atoms with E-state index in [1.165, 1.54) is 35.1 Å². The van der Waals surface area contributed by atoms with E-state index < -0.39 is 6.10 Å². The van der Waals surface area contributed by atoms with E-state index in [2.05, 4.69) is 0 Å². The van der Waals surface area contributed by atoms with Gasteiger partial charge in [0.2, 0.25) is 0 Å². The van der Waals surface area contributed by atoms with Crippen LogP contribution in [0.25, 0.3) is 0 Å². The zero-order valence-corrected chi connectivity index (χ0v) is 17.8. The fraction of sp³-hybridized carbons (Fsp3) is 0.357. The third-order valence-electron chi connectivity index (χ3n) is 6.88. The molecule has 31 heavy (non-hydrogen) atoms. The molecule has 0 spiro atoms. The molecule has 0 atom stereocenters. The molecule has 0 saturated carbocycles. The van der Waals surface area contributed by atoms with Gasteiger partial charge in [-0.15, -0.1) is 0 Å². The Hall–Kier alpha value is -2.78. The van der Waals surface area contributed by atoms with Gasteiger partial charge in [-0.05, 0) is 73.7 Å². The van der Waals surface area contributed by atoms with Gasteiger partial charge in [0.1, 0.15) is 6.10 Å². The summed E-state index contributed by atoms with van der Waals surface area (Å²) in [7, 11) is 0. The second-order valence-corrected chi connectivity index (χ2v) is 8.78. The van der Waals surface area contributed by atoms with Crippen molar-refractivity contribution in [2.45, 2.75) is 63.6 Å². The number of hydrogen-bond acceptors (Lipinski definition) is 3. The van der Waals surface area contributed by atoms with Crippen LogP contribution in [0.5, 0.6) is 0 Å². The molecule has 0 N–H and O–H groups in total. The van der Waals surface area contributed by atoms with Crippen molar-refractivity contribution in [2.24, 2.45) is 0 Å². The molecule has 3 nitrogen and oxygen atoms in total. The summed E-state index contributed by atoms with van der Waals surface area (Å²) < 4.78 is 6.57. The molecule has 0 amide bonds. The number of carbonyl (C=O) groups excluding carboxylic acids is 2. The van der Waals surface area contributed by atoms with Crippen molar-refractivity contribution >= 4 is 11.6 Å². The summed E-state index contributed by atoms with van der Waals surface area (Å²) in [6, 6.07) is 18.1. The quantitative estimate of drug-likeness (QED) is 0.415. The Labute approximate surface area is 183 Å². The lowest BCUT2D eigenvalue weighted by molar-refractivity contribution is 0.0234. The van der Waals surface area contributed by atoms with E-state index in [-0.39, 0.29) is 17.7 Å². The monoisotopic (exact) mass is 412 g/mol. The Kier molecular flexibility index (Phi) is 5.69. The van der Waals surface area contributed by atoms with Crippen LogP contribution in [-0.2, 0) is 4.74 Å². The number of rotatable bonds is 6. The number of ether oxygens (including phenoxy) is 1. The molecular formula is C28H28O3. The third kappa shape index (κ3) is 3.83. The Morgan fingerprint density at radius 2 is 1.06 bits per heavy atom. The van der Waals surface area contributed by atoms with Crippen molar-refractivity contribution in [1.29, 1.82) is 0 Å². The Balaban J connectivity index is 1.52. The van der Waals surface area contributed by atoms with E-state index in [4.69, 9.17) is 4.74 Å². The molecule has 3 heteroatoms. The lowest BCUT2D eigenvalue weighted by Crippen LogP contribution is -2.38. The minimum Gasteiger partial charge on any atom is -0.350 e. The molecule has 0 unspecified atom stereocenters. The topological polar surface area (TPSA) is 43.4 Å². The van der Waals surface area contributed by atoms with Crippen LogP contribution in [0.4, 0.5) is 0 Å². The van der Waals surface area contributed by atoms with Gasteiger partial charge in [-0.3, -0.25) is 9.59 Å². The molecule has 5 rings (SSSR count). The van der Waals surface area contributed by atoms with Gasteiger partial charge >= 0.3 is 0 Å². The van der Waals surface area contributed by atoms with Crippen LogP contribution in [0.15, 0.2) is 83.0 Å². The number of benzene rings is 2. The first kappa shape index (κ1) is 20.1. The maximum absolute atomic E-state index is 13.5. The number of fused-ring (bicyclic) bond motifs is 1. The lowest BCUT2D eigenvalue weighted by Gasteiger charge is -2.27. The van der Waals surface area contributed by atoms with Gasteiger partial charge in [0.15, 0.2) is 17.7 Å². The highest BCUT2D eigenvalue weighted by Gasteiger charge is 2.40. The van der Waals surface area contributed by atoms with E-state index in [0.717, 1.165) is 38.5 Å². The summed E-state index contributed by atoms with van der Waals surface area (Å²) in [6.45, 7) is 0. The summed E-state index contributed by atoms with van der Waals surface area (Å²) in [4.78, 5) is 27.0. The second-order valence-electron chi connectivity index (χ2n) is 8.78. The first-order valence-corrected chi connectivity index (χ1v) is 11.5. The molecule has 0 heterocycles. The fourth-order valence-corrected chi connectivity index (χ4v) is 5.39. The fourth-order valence-electron chi connectivity index (χ4n) is 5.39. The zero-order valence-electron chi connectivity index (χ0n) is 17.8. The molecule has 0 saturated heterocycles. The van der Waals surface area contributed by atoms with Crippen molar-refractivity contribution in [3.05, 3.63) is 94.1 Å². The second kappa shape index (κ2) is 8.76. The van der Waals surface area contributed by atoms with Crippen LogP contribution in [0, 0.1) is 0 Å². The molecule has 0 fully saturated rings. The van der Waals surface area contributed by atoms with Gasteiger partial charge in [0.25, 0.3) is 0 Å². The molecular weight excluding hydrogens is 384 g/mol. The summed E-state index contributed by atoms with van der Waals surface area (Å²) >= 11 is 0. The van der Waals surface area contributed by atoms with Gasteiger partial charge in [-0.1, -0.05) is 60.7 Å². The van der Waals surface area contributed by atoms with Gasteiger partial charge in [-0.2, -0.15) is 0 Å². The summed E-state index contributed by atoms with van der Waals surface area (Å²) in [5.41, 5.74) is 6.67. The predicted octanol–water partition coefficient (Wildman–Crippen LogP) is 6.26. The van der Waals surface area contributed by atoms with Crippen LogP contribution in [0.3, 0.4) is 0 Å². The van der Waals surface area contributed by atoms with E-state index in [0.29, 0.717) is 11.1 Å². The van der Waals surface area contributed by atoms with E-state index >= 15 is 0 Å². The summed E-state index contributed by atoms with van der Waals surface area (Å²) in [5, 5.41) is 0. The summed E-state index contributed by atoms with van der Waals surface area (Å²) in [5.74, 6) is -0.505. The predicted molar refractivity (Wildman–Crippen MR) is 121 cm³/mol. The Bertz CT molecular complexity index is 963. The largest absolute Gasteiger partial charge is 0.350 e. The van der Waals surface area contributed by atoms with Crippen LogP contribution >= 0.6 is 0 Å². The number of carbonyl (C=O) groups is 2. The minimum absolute atomic E-state index is 0.212.